The molecule has 142 valence electrons. The van der Waals surface area contributed by atoms with E-state index in [1.165, 1.54) is 24.9 Å². The smallest absolute Gasteiger partial charge is 0.134 e. The van der Waals surface area contributed by atoms with Crippen LogP contribution in [0.2, 0.25) is 0 Å². The second-order valence-electron chi connectivity index (χ2n) is 8.21. The van der Waals surface area contributed by atoms with Gasteiger partial charge < -0.3 is 9.88 Å². The Bertz CT molecular complexity index is 677. The van der Waals surface area contributed by atoms with Crippen molar-refractivity contribution >= 4 is 0 Å². The van der Waals surface area contributed by atoms with Crippen LogP contribution in [0.3, 0.4) is 0 Å². The highest BCUT2D eigenvalue weighted by Crippen LogP contribution is 2.29. The number of piperidine rings is 1. The second-order valence-corrected chi connectivity index (χ2v) is 8.21. The minimum absolute atomic E-state index is 0.139. The van der Waals surface area contributed by atoms with Crippen molar-refractivity contribution in [2.45, 2.75) is 71.1 Å². The summed E-state index contributed by atoms with van der Waals surface area (Å²) in [6, 6.07) is 11.7. The molecule has 0 saturated carbocycles. The molecule has 5 heteroatoms. The van der Waals surface area contributed by atoms with Gasteiger partial charge in [-0.1, -0.05) is 30.3 Å². The van der Waals surface area contributed by atoms with Crippen molar-refractivity contribution in [3.8, 4) is 0 Å². The van der Waals surface area contributed by atoms with Crippen molar-refractivity contribution in [1.29, 1.82) is 0 Å². The molecule has 1 aromatic heterocycles. The third kappa shape index (κ3) is 4.33. The van der Waals surface area contributed by atoms with Crippen LogP contribution in [0, 0.1) is 0 Å². The topological polar surface area (TPSA) is 46.0 Å². The zero-order valence-corrected chi connectivity index (χ0v) is 16.7. The summed E-state index contributed by atoms with van der Waals surface area (Å²) in [5.41, 5.74) is 1.53. The predicted molar refractivity (Wildman–Crippen MR) is 106 cm³/mol. The Kier molecular flexibility index (Phi) is 6.09. The Morgan fingerprint density at radius 2 is 2.00 bits per heavy atom. The SMILES string of the molecule is CC(C)n1cnnc1CCN[C@H]1CCCN(Cc2ccccc2)C1(C)C. The molecule has 3 rings (SSSR count). The molecule has 0 amide bonds. The summed E-state index contributed by atoms with van der Waals surface area (Å²) in [5.74, 6) is 1.07. The molecule has 0 bridgehead atoms. The van der Waals surface area contributed by atoms with Crippen LogP contribution in [0.15, 0.2) is 36.7 Å². The van der Waals surface area contributed by atoms with Gasteiger partial charge in [-0.2, -0.15) is 0 Å². The zero-order valence-electron chi connectivity index (χ0n) is 16.7. The molecular formula is C21H33N5. The van der Waals surface area contributed by atoms with Crippen molar-refractivity contribution in [3.63, 3.8) is 0 Å². The van der Waals surface area contributed by atoms with E-state index in [1.54, 1.807) is 0 Å². The minimum atomic E-state index is 0.139. The molecule has 1 fully saturated rings. The molecular weight excluding hydrogens is 322 g/mol. The lowest BCUT2D eigenvalue weighted by molar-refractivity contribution is 0.0359. The van der Waals surface area contributed by atoms with Crippen LogP contribution in [0.25, 0.3) is 0 Å². The van der Waals surface area contributed by atoms with Gasteiger partial charge in [0.25, 0.3) is 0 Å². The third-order valence-corrected chi connectivity index (χ3v) is 5.75. The quantitative estimate of drug-likeness (QED) is 0.826. The highest BCUT2D eigenvalue weighted by molar-refractivity contribution is 5.15. The van der Waals surface area contributed by atoms with Crippen LogP contribution >= 0.6 is 0 Å². The van der Waals surface area contributed by atoms with Gasteiger partial charge in [0.05, 0.1) is 0 Å². The molecule has 26 heavy (non-hydrogen) atoms. The van der Waals surface area contributed by atoms with Crippen molar-refractivity contribution in [3.05, 3.63) is 48.0 Å². The van der Waals surface area contributed by atoms with Crippen molar-refractivity contribution in [2.75, 3.05) is 13.1 Å². The molecule has 1 atom stereocenters. The van der Waals surface area contributed by atoms with Gasteiger partial charge in [0.2, 0.25) is 0 Å². The minimum Gasteiger partial charge on any atom is -0.315 e. The maximum atomic E-state index is 4.29. The standard InChI is InChI=1S/C21H33N5/c1-17(2)26-16-23-24-20(26)12-13-22-19-11-8-14-25(21(19,3)4)15-18-9-6-5-7-10-18/h5-7,9-10,16-17,19,22H,8,11-15H2,1-4H3/t19-/m0/s1. The molecule has 1 saturated heterocycles. The van der Waals surface area contributed by atoms with Gasteiger partial charge in [-0.25, -0.2) is 0 Å². The Balaban J connectivity index is 1.58. The Morgan fingerprint density at radius 3 is 2.73 bits per heavy atom. The average Bonchev–Trinajstić information content (AvgIpc) is 3.08. The van der Waals surface area contributed by atoms with Crippen molar-refractivity contribution in [2.24, 2.45) is 0 Å². The van der Waals surface area contributed by atoms with E-state index in [0.717, 1.165) is 25.3 Å². The first-order valence-corrected chi connectivity index (χ1v) is 9.89. The number of hydrogen-bond acceptors (Lipinski definition) is 4. The number of likely N-dealkylation sites (tertiary alicyclic amines) is 1. The summed E-state index contributed by atoms with van der Waals surface area (Å²) in [5, 5.41) is 12.2. The van der Waals surface area contributed by atoms with Crippen LogP contribution < -0.4 is 5.32 Å². The molecule has 1 aliphatic heterocycles. The van der Waals surface area contributed by atoms with E-state index >= 15 is 0 Å². The fraction of sp³-hybridized carbons (Fsp3) is 0.619. The van der Waals surface area contributed by atoms with Gasteiger partial charge in [0.15, 0.2) is 0 Å². The summed E-state index contributed by atoms with van der Waals surface area (Å²) in [4.78, 5) is 2.63. The van der Waals surface area contributed by atoms with E-state index in [4.69, 9.17) is 0 Å². The Morgan fingerprint density at radius 1 is 1.23 bits per heavy atom. The van der Waals surface area contributed by atoms with Crippen LogP contribution in [-0.4, -0.2) is 44.3 Å². The van der Waals surface area contributed by atoms with E-state index in [-0.39, 0.29) is 5.54 Å². The van der Waals surface area contributed by atoms with E-state index < -0.39 is 0 Å². The molecule has 1 aliphatic rings. The largest absolute Gasteiger partial charge is 0.315 e. The van der Waals surface area contributed by atoms with E-state index in [9.17, 15) is 0 Å². The number of aromatic nitrogens is 3. The lowest BCUT2D eigenvalue weighted by Gasteiger charge is -2.48. The zero-order chi connectivity index (χ0) is 18.6. The van der Waals surface area contributed by atoms with E-state index in [0.29, 0.717) is 12.1 Å². The van der Waals surface area contributed by atoms with Gasteiger partial charge in [-0.15, -0.1) is 10.2 Å². The maximum Gasteiger partial charge on any atom is 0.134 e. The van der Waals surface area contributed by atoms with Crippen LogP contribution in [0.5, 0.6) is 0 Å². The molecule has 0 radical (unpaired) electrons. The van der Waals surface area contributed by atoms with Gasteiger partial charge in [-0.05, 0) is 52.6 Å². The fourth-order valence-corrected chi connectivity index (χ4v) is 4.02. The Hall–Kier alpha value is -1.72. The van der Waals surface area contributed by atoms with E-state index in [1.807, 2.05) is 6.33 Å². The van der Waals surface area contributed by atoms with Gasteiger partial charge >= 0.3 is 0 Å². The van der Waals surface area contributed by atoms with Gasteiger partial charge in [0.1, 0.15) is 12.2 Å². The molecule has 2 aromatic rings. The number of hydrogen-bond donors (Lipinski definition) is 1. The summed E-state index contributed by atoms with van der Waals surface area (Å²) in [6.45, 7) is 12.2. The van der Waals surface area contributed by atoms with E-state index in [2.05, 4.69) is 83.0 Å². The molecule has 0 spiro atoms. The summed E-state index contributed by atoms with van der Waals surface area (Å²) in [7, 11) is 0. The Labute approximate surface area is 157 Å². The van der Waals surface area contributed by atoms with Crippen LogP contribution in [0.1, 0.15) is 58.0 Å². The maximum absolute atomic E-state index is 4.29. The molecule has 2 heterocycles. The molecule has 1 N–H and O–H groups in total. The summed E-state index contributed by atoms with van der Waals surface area (Å²) < 4.78 is 2.16. The summed E-state index contributed by atoms with van der Waals surface area (Å²) >= 11 is 0. The fourth-order valence-electron chi connectivity index (χ4n) is 4.02. The highest BCUT2D eigenvalue weighted by Gasteiger charge is 2.37. The lowest BCUT2D eigenvalue weighted by atomic mass is 9.84. The first-order chi connectivity index (χ1) is 12.5. The average molecular weight is 356 g/mol. The molecule has 0 aliphatic carbocycles. The van der Waals surface area contributed by atoms with Crippen molar-refractivity contribution in [1.82, 2.24) is 25.0 Å². The summed E-state index contributed by atoms with van der Waals surface area (Å²) in [6.07, 6.45) is 5.24. The predicted octanol–water partition coefficient (Wildman–Crippen LogP) is 3.43. The normalized spacial score (nSPS) is 20.6. The van der Waals surface area contributed by atoms with Crippen LogP contribution in [-0.2, 0) is 13.0 Å². The number of nitrogens with zero attached hydrogens (tertiary/aromatic N) is 4. The third-order valence-electron chi connectivity index (χ3n) is 5.75. The molecule has 1 aromatic carbocycles. The van der Waals surface area contributed by atoms with Gasteiger partial charge in [0, 0.05) is 37.1 Å². The number of nitrogens with one attached hydrogen (secondary N) is 1. The highest BCUT2D eigenvalue weighted by atomic mass is 15.3. The lowest BCUT2D eigenvalue weighted by Crippen LogP contribution is -2.60. The van der Waals surface area contributed by atoms with Crippen LogP contribution in [0.4, 0.5) is 0 Å². The molecule has 5 nitrogen and oxygen atoms in total. The number of rotatable bonds is 7. The first kappa shape index (κ1) is 19.1. The monoisotopic (exact) mass is 355 g/mol. The second kappa shape index (κ2) is 8.31. The first-order valence-electron chi connectivity index (χ1n) is 9.89. The van der Waals surface area contributed by atoms with Crippen molar-refractivity contribution < 1.29 is 0 Å². The number of benzene rings is 1. The van der Waals surface area contributed by atoms with Gasteiger partial charge in [-0.3, -0.25) is 4.90 Å². The molecule has 0 unspecified atom stereocenters.